The van der Waals surface area contributed by atoms with Crippen molar-refractivity contribution in [2.45, 2.75) is 20.8 Å². The highest BCUT2D eigenvalue weighted by atomic mass is 35.5. The predicted octanol–water partition coefficient (Wildman–Crippen LogP) is 16.6. The van der Waals surface area contributed by atoms with Crippen LogP contribution in [0.2, 0.25) is 5.02 Å². The van der Waals surface area contributed by atoms with E-state index < -0.39 is 6.03 Å². The molecule has 0 saturated carbocycles. The Morgan fingerprint density at radius 2 is 0.931 bits per heavy atom. The van der Waals surface area contributed by atoms with E-state index in [4.69, 9.17) is 45.8 Å². The minimum absolute atomic E-state index is 0.181. The summed E-state index contributed by atoms with van der Waals surface area (Å²) in [6.45, 7) is 6.88. The van der Waals surface area contributed by atoms with Gasteiger partial charge < -0.3 is 44.8 Å². The van der Waals surface area contributed by atoms with Crippen LogP contribution < -0.4 is 62.3 Å². The Kier molecular flexibility index (Phi) is 26.3. The zero-order valence-corrected chi connectivity index (χ0v) is 64.8. The Morgan fingerprint density at radius 3 is 1.41 bits per heavy atom. The van der Waals surface area contributed by atoms with Gasteiger partial charge in [-0.2, -0.15) is 15.3 Å². The van der Waals surface area contributed by atoms with Crippen molar-refractivity contribution in [2.75, 3.05) is 37.6 Å². The summed E-state index contributed by atoms with van der Waals surface area (Å²) in [5.74, 6) is 4.01. The van der Waals surface area contributed by atoms with Crippen molar-refractivity contribution in [1.29, 1.82) is 0 Å². The number of pyridine rings is 4. The molecule has 0 bridgehead atoms. The summed E-state index contributed by atoms with van der Waals surface area (Å²) < 4.78 is 58.8. The molecule has 0 atom stereocenters. The monoisotopic (exact) mass is 1580 g/mol. The first-order valence-electron chi connectivity index (χ1n) is 36.3. The lowest BCUT2D eigenvalue weighted by Gasteiger charge is -2.15. The molecule has 0 radical (unpaired) electrons. The van der Waals surface area contributed by atoms with Gasteiger partial charge in [0.2, 0.25) is 5.91 Å². The summed E-state index contributed by atoms with van der Waals surface area (Å²) in [6, 6.07) is 67.4. The molecule has 8 aromatic carbocycles. The number of nitrogens with two attached hydrogens (primary N) is 1. The lowest BCUT2D eigenvalue weighted by molar-refractivity contribution is -0.114. The van der Waals surface area contributed by atoms with Crippen molar-refractivity contribution in [2.24, 2.45) is 26.9 Å². The Balaban J connectivity index is 0.000000143. The highest BCUT2D eigenvalue weighted by Crippen LogP contribution is 2.37. The number of nitrogens with one attached hydrogen (secondary N) is 2. The number of carbonyl (C=O) groups excluding carboxylic acids is 2. The molecule has 15 aromatic rings. The van der Waals surface area contributed by atoms with Gasteiger partial charge in [-0.1, -0.05) is 90.5 Å². The van der Waals surface area contributed by atoms with Crippen LogP contribution in [0.5, 0.6) is 46.0 Å². The van der Waals surface area contributed by atoms with Crippen LogP contribution in [0.25, 0.3) is 67.4 Å². The van der Waals surface area contributed by atoms with Crippen molar-refractivity contribution in [3.05, 3.63) is 350 Å². The molecule has 0 spiro atoms. The van der Waals surface area contributed by atoms with Crippen molar-refractivity contribution >= 4 is 34.9 Å². The number of hydrogen-bond donors (Lipinski definition) is 3. The normalized spacial score (nSPS) is 10.7. The van der Waals surface area contributed by atoms with Gasteiger partial charge in [-0.15, -0.1) is 0 Å². The molecule has 116 heavy (non-hydrogen) atoms. The van der Waals surface area contributed by atoms with E-state index in [2.05, 4.69) is 25.9 Å². The van der Waals surface area contributed by atoms with E-state index in [1.807, 2.05) is 181 Å². The maximum atomic E-state index is 13.5. The lowest BCUT2D eigenvalue weighted by Crippen LogP contribution is -2.20. The number of rotatable bonds is 22. The fourth-order valence-electron chi connectivity index (χ4n) is 12.0. The van der Waals surface area contributed by atoms with Gasteiger partial charge in [0.25, 0.3) is 22.2 Å². The molecule has 0 aliphatic heterocycles. The third-order valence-electron chi connectivity index (χ3n) is 17.4. The van der Waals surface area contributed by atoms with E-state index >= 15 is 0 Å². The van der Waals surface area contributed by atoms with E-state index in [1.165, 1.54) is 52.5 Å². The molecule has 586 valence electrons. The Labute approximate surface area is 670 Å². The molecular weight excluding hydrogens is 1500 g/mol. The maximum absolute atomic E-state index is 13.5. The zero-order valence-electron chi connectivity index (χ0n) is 64.0. The maximum Gasteiger partial charge on any atom is 0.316 e. The molecule has 0 saturated heterocycles. The van der Waals surface area contributed by atoms with Crippen LogP contribution >= 0.6 is 11.6 Å². The number of amides is 3. The van der Waals surface area contributed by atoms with Crippen LogP contribution in [0.1, 0.15) is 19.4 Å². The number of hydrogen-bond acceptors (Lipinski definition) is 15. The highest BCUT2D eigenvalue weighted by molar-refractivity contribution is 6.33. The molecule has 0 unspecified atom stereocenters. The van der Waals surface area contributed by atoms with Crippen LogP contribution in [-0.2, 0) is 30.7 Å². The molecule has 0 aliphatic rings. The van der Waals surface area contributed by atoms with Crippen molar-refractivity contribution in [1.82, 2.24) is 47.6 Å². The number of para-hydroxylation sites is 3. The average molecular weight is 1580 g/mol. The first kappa shape index (κ1) is 80.6. The number of aromatic nitrogens is 10. The van der Waals surface area contributed by atoms with Crippen LogP contribution in [-0.4, -0.2) is 86.5 Å². The molecule has 0 fully saturated rings. The van der Waals surface area contributed by atoms with E-state index in [0.717, 1.165) is 44.9 Å². The number of ether oxygens (including phenoxy) is 6. The fraction of sp³-hybridized carbons (Fsp3) is 0.112. The minimum atomic E-state index is -0.680. The van der Waals surface area contributed by atoms with Crippen molar-refractivity contribution in [3.8, 4) is 113 Å². The van der Waals surface area contributed by atoms with Crippen LogP contribution in [0.15, 0.2) is 312 Å². The lowest BCUT2D eigenvalue weighted by atomic mass is 10.1. The van der Waals surface area contributed by atoms with Crippen LogP contribution in [0.3, 0.4) is 0 Å². The van der Waals surface area contributed by atoms with Crippen molar-refractivity contribution in [3.63, 3.8) is 0 Å². The van der Waals surface area contributed by atoms with Gasteiger partial charge in [-0.25, -0.2) is 9.18 Å². The quantitative estimate of drug-likeness (QED) is 0.0532. The summed E-state index contributed by atoms with van der Waals surface area (Å²) in [6.07, 6.45) is 15.9. The van der Waals surface area contributed by atoms with E-state index in [0.29, 0.717) is 110 Å². The van der Waals surface area contributed by atoms with Gasteiger partial charge in [-0.05, 0) is 158 Å². The molecular formula is C89H79ClFN13O12. The number of anilines is 2. The smallest absolute Gasteiger partial charge is 0.316 e. The standard InChI is InChI=1S/C25H19FN2O3.C24H23N3O4.C22H19N5O3.C18H18ClN3O2/c1-17(29)27-20-6-5-7-21(14-20)28-16-23(18-10-12-19(26)13-11-18)24(15-25(28)30)31-22-8-3-2-4-9-22;1-26-16-18(15-25-26)22-17-27(19-8-10-20(11-9-19)30-13-12-29-2)24(28)14-23(22)31-21-6-4-3-5-7-21;1-26-11-10-19(25-26)18-14-27(16-7-5-6-15(12-16)24-22(23)29)21(28)13-20(18)30-17-8-3-2-4-9-17;1-4-24-14-5-6-17(12(2)7-14)22-11-15(16(19)8-18(22)23)13-9-20-21(3)10-13/h2-16H,1H3,(H,27,29);3-11,14-17H,12-13H2,1-2H3;2-14H,1H3,(H3,23,24,29);5-11H,4H2,1-3H3. The second-order valence-electron chi connectivity index (χ2n) is 25.9. The topological polar surface area (TPSA) is 281 Å². The number of halogens is 2. The van der Waals surface area contributed by atoms with Gasteiger partial charge >= 0.3 is 6.03 Å². The van der Waals surface area contributed by atoms with Gasteiger partial charge in [0.05, 0.1) is 58.9 Å². The van der Waals surface area contributed by atoms with Crippen LogP contribution in [0, 0.1) is 12.7 Å². The summed E-state index contributed by atoms with van der Waals surface area (Å²) in [5.41, 5.74) is 14.7. The summed E-state index contributed by atoms with van der Waals surface area (Å²) in [4.78, 5) is 73.7. The first-order valence-corrected chi connectivity index (χ1v) is 36.7. The number of nitrogens with zero attached hydrogens (tertiary/aromatic N) is 10. The molecule has 27 heteroatoms. The van der Waals surface area contributed by atoms with E-state index in [-0.39, 0.29) is 34.0 Å². The number of aryl methyl sites for hydroxylation is 4. The number of primary amides is 1. The number of carbonyl (C=O) groups is 2. The number of benzene rings is 8. The molecule has 4 N–H and O–H groups in total. The van der Waals surface area contributed by atoms with Crippen molar-refractivity contribution < 1.29 is 42.4 Å². The number of urea groups is 1. The fourth-order valence-corrected chi connectivity index (χ4v) is 12.3. The van der Waals surface area contributed by atoms with Crippen LogP contribution in [0.4, 0.5) is 20.6 Å². The Bertz CT molecular complexity index is 6190. The molecule has 0 aliphatic carbocycles. The third kappa shape index (κ3) is 21.0. The summed E-state index contributed by atoms with van der Waals surface area (Å²) in [7, 11) is 7.13. The number of methoxy groups -OCH3 is 1. The SMILES string of the molecule is CC(=O)Nc1cccc(-n2cc(-c3ccc(F)cc3)c(Oc3ccccc3)cc2=O)c1.CCOc1ccc(-n2cc(-c3cnn(C)c3)c(Cl)cc2=O)c(C)c1.COCCOc1ccc(-n2cc(-c3cnn(C)c3)c(Oc3ccccc3)cc2=O)cc1.Cn1ccc(-c2cn(-c3cccc(NC(N)=O)c3)c(=O)cc2Oc2ccccc2)n1. The average Bonchev–Trinajstić information content (AvgIpc) is 1.13. The van der Waals surface area contributed by atoms with Gasteiger partial charge in [0, 0.05) is 148 Å². The molecule has 25 nitrogen and oxygen atoms in total. The van der Waals surface area contributed by atoms with Gasteiger partial charge in [-0.3, -0.25) is 56.3 Å². The molecule has 7 heterocycles. The highest BCUT2D eigenvalue weighted by Gasteiger charge is 2.20. The largest absolute Gasteiger partial charge is 0.494 e. The Morgan fingerprint density at radius 1 is 0.457 bits per heavy atom. The second-order valence-corrected chi connectivity index (χ2v) is 26.3. The van der Waals surface area contributed by atoms with E-state index in [9.17, 15) is 33.2 Å². The first-order chi connectivity index (χ1) is 56.1. The van der Waals surface area contributed by atoms with Gasteiger partial charge in [0.1, 0.15) is 58.4 Å². The zero-order chi connectivity index (χ0) is 81.8. The van der Waals surface area contributed by atoms with E-state index in [1.54, 1.807) is 140 Å². The Hall–Kier alpha value is -14.9. The summed E-state index contributed by atoms with van der Waals surface area (Å²) in [5, 5.41) is 18.5. The molecule has 3 amide bonds. The molecule has 7 aromatic heterocycles. The summed E-state index contributed by atoms with van der Waals surface area (Å²) >= 11 is 6.27. The molecule has 15 rings (SSSR count). The predicted molar refractivity (Wildman–Crippen MR) is 446 cm³/mol. The minimum Gasteiger partial charge on any atom is -0.494 e. The third-order valence-corrected chi connectivity index (χ3v) is 17.7. The van der Waals surface area contributed by atoms with Gasteiger partial charge in [0.15, 0.2) is 0 Å². The second kappa shape index (κ2) is 37.9.